The number of hydrogen-bond acceptors (Lipinski definition) is 4. The van der Waals surface area contributed by atoms with Crippen molar-refractivity contribution in [1.82, 2.24) is 19.8 Å². The zero-order chi connectivity index (χ0) is 15.6. The summed E-state index contributed by atoms with van der Waals surface area (Å²) in [6, 6.07) is 0.415. The van der Waals surface area contributed by atoms with Crippen LogP contribution in [0.1, 0.15) is 38.1 Å². The quantitative estimate of drug-likeness (QED) is 0.862. The van der Waals surface area contributed by atoms with Crippen molar-refractivity contribution in [2.24, 2.45) is 5.92 Å². The molecule has 2 rings (SSSR count). The predicted molar refractivity (Wildman–Crippen MR) is 82.7 cm³/mol. The maximum atomic E-state index is 12.9. The summed E-state index contributed by atoms with van der Waals surface area (Å²) < 4.78 is 27.3. The molecule has 120 valence electrons. The van der Waals surface area contributed by atoms with Gasteiger partial charge < -0.3 is 5.32 Å². The second-order valence-corrected chi connectivity index (χ2v) is 7.62. The number of H-pyrrole nitrogens is 1. The molecule has 1 saturated heterocycles. The number of nitrogens with one attached hydrogen (secondary N) is 2. The monoisotopic (exact) mass is 314 g/mol. The number of aryl methyl sites for hydroxylation is 2. The Morgan fingerprint density at radius 3 is 2.62 bits per heavy atom. The number of nitrogens with zero attached hydrogens (tertiary/aromatic N) is 2. The van der Waals surface area contributed by atoms with E-state index in [1.165, 1.54) is 0 Å². The molecule has 0 spiro atoms. The van der Waals surface area contributed by atoms with Gasteiger partial charge in [-0.3, -0.25) is 5.10 Å². The number of aromatic amines is 1. The van der Waals surface area contributed by atoms with E-state index in [-0.39, 0.29) is 0 Å². The lowest BCUT2D eigenvalue weighted by Gasteiger charge is -2.37. The molecule has 1 fully saturated rings. The fourth-order valence-electron chi connectivity index (χ4n) is 3.21. The van der Waals surface area contributed by atoms with Gasteiger partial charge in [0.2, 0.25) is 10.0 Å². The van der Waals surface area contributed by atoms with Crippen molar-refractivity contribution in [1.29, 1.82) is 0 Å². The van der Waals surface area contributed by atoms with E-state index in [4.69, 9.17) is 0 Å². The lowest BCUT2D eigenvalue weighted by Crippen LogP contribution is -2.50. The Bertz CT molecular complexity index is 562. The topological polar surface area (TPSA) is 78.1 Å². The van der Waals surface area contributed by atoms with Crippen molar-refractivity contribution in [2.45, 2.75) is 51.5 Å². The van der Waals surface area contributed by atoms with Crippen LogP contribution in [-0.2, 0) is 10.0 Å². The molecule has 1 aromatic rings. The van der Waals surface area contributed by atoms with Gasteiger partial charge in [-0.05, 0) is 32.7 Å². The Morgan fingerprint density at radius 2 is 2.10 bits per heavy atom. The van der Waals surface area contributed by atoms with Crippen molar-refractivity contribution in [3.8, 4) is 0 Å². The summed E-state index contributed by atoms with van der Waals surface area (Å²) in [4.78, 5) is 0.347. The highest BCUT2D eigenvalue weighted by Crippen LogP contribution is 2.28. The third-order valence-electron chi connectivity index (χ3n) is 4.35. The molecule has 7 heteroatoms. The zero-order valence-corrected chi connectivity index (χ0v) is 14.1. The molecule has 0 bridgehead atoms. The summed E-state index contributed by atoms with van der Waals surface area (Å²) in [7, 11) is -3.45. The Labute approximate surface area is 127 Å². The third kappa shape index (κ3) is 3.14. The van der Waals surface area contributed by atoms with Crippen LogP contribution >= 0.6 is 0 Å². The van der Waals surface area contributed by atoms with Gasteiger partial charge in [-0.25, -0.2) is 8.42 Å². The fraction of sp³-hybridized carbons (Fsp3) is 0.786. The lowest BCUT2D eigenvalue weighted by atomic mass is 9.91. The van der Waals surface area contributed by atoms with Gasteiger partial charge in [0.15, 0.2) is 0 Å². The average Bonchev–Trinajstić information content (AvgIpc) is 2.79. The summed E-state index contributed by atoms with van der Waals surface area (Å²) in [5.41, 5.74) is 1.17. The summed E-state index contributed by atoms with van der Waals surface area (Å²) >= 11 is 0. The number of sulfonamides is 1. The number of hydrogen-bond donors (Lipinski definition) is 2. The van der Waals surface area contributed by atoms with Crippen molar-refractivity contribution in [2.75, 3.05) is 19.6 Å². The van der Waals surface area contributed by atoms with E-state index in [1.807, 2.05) is 0 Å². The third-order valence-corrected chi connectivity index (χ3v) is 6.47. The van der Waals surface area contributed by atoms with E-state index < -0.39 is 10.0 Å². The largest absolute Gasteiger partial charge is 0.314 e. The minimum Gasteiger partial charge on any atom is -0.314 e. The van der Waals surface area contributed by atoms with E-state index in [0.29, 0.717) is 41.3 Å². The van der Waals surface area contributed by atoms with Crippen molar-refractivity contribution in [3.63, 3.8) is 0 Å². The van der Waals surface area contributed by atoms with Crippen LogP contribution in [0.3, 0.4) is 0 Å². The van der Waals surface area contributed by atoms with Crippen LogP contribution in [0, 0.1) is 19.8 Å². The molecule has 0 aromatic carbocycles. The van der Waals surface area contributed by atoms with Crippen molar-refractivity contribution in [3.05, 3.63) is 11.4 Å². The number of rotatable bonds is 5. The van der Waals surface area contributed by atoms with Gasteiger partial charge >= 0.3 is 0 Å². The van der Waals surface area contributed by atoms with Crippen molar-refractivity contribution >= 4 is 10.0 Å². The van der Waals surface area contributed by atoms with Gasteiger partial charge in [0.25, 0.3) is 0 Å². The molecular weight excluding hydrogens is 288 g/mol. The molecule has 2 unspecified atom stereocenters. The van der Waals surface area contributed by atoms with Crippen LogP contribution in [0.5, 0.6) is 0 Å². The van der Waals surface area contributed by atoms with E-state index in [1.54, 1.807) is 18.2 Å². The van der Waals surface area contributed by atoms with Crippen LogP contribution < -0.4 is 5.32 Å². The van der Waals surface area contributed by atoms with Crippen LogP contribution in [0.2, 0.25) is 0 Å². The lowest BCUT2D eigenvalue weighted by molar-refractivity contribution is 0.204. The number of aromatic nitrogens is 2. The van der Waals surface area contributed by atoms with Gasteiger partial charge in [0.1, 0.15) is 4.90 Å². The standard InChI is InChI=1S/C14H26N4O2S/c1-5-12-9-18(8-7-13(12)15-6-2)21(19,20)14-10(3)16-17-11(14)4/h12-13,15H,5-9H2,1-4H3,(H,16,17). The Balaban J connectivity index is 2.23. The maximum absolute atomic E-state index is 12.9. The van der Waals surface area contributed by atoms with Crippen LogP contribution in [0.4, 0.5) is 0 Å². The van der Waals surface area contributed by atoms with E-state index in [2.05, 4.69) is 29.4 Å². The summed E-state index contributed by atoms with van der Waals surface area (Å²) in [6.45, 7) is 9.79. The van der Waals surface area contributed by atoms with Gasteiger partial charge in [-0.1, -0.05) is 20.3 Å². The van der Waals surface area contributed by atoms with Gasteiger partial charge in [-0.2, -0.15) is 9.40 Å². The predicted octanol–water partition coefficient (Wildman–Crippen LogP) is 1.43. The first-order valence-corrected chi connectivity index (χ1v) is 9.10. The SMILES string of the molecule is CCNC1CCN(S(=O)(=O)c2c(C)n[nH]c2C)CC1CC. The first-order chi connectivity index (χ1) is 9.91. The molecule has 2 atom stereocenters. The fourth-order valence-corrected chi connectivity index (χ4v) is 5.05. The Morgan fingerprint density at radius 1 is 1.38 bits per heavy atom. The molecule has 0 saturated carbocycles. The number of piperidine rings is 1. The normalized spacial score (nSPS) is 24.4. The molecular formula is C14H26N4O2S. The maximum Gasteiger partial charge on any atom is 0.246 e. The molecule has 1 aliphatic heterocycles. The second kappa shape index (κ2) is 6.46. The smallest absolute Gasteiger partial charge is 0.246 e. The molecule has 0 radical (unpaired) electrons. The average molecular weight is 314 g/mol. The summed E-state index contributed by atoms with van der Waals surface area (Å²) in [6.07, 6.45) is 1.84. The molecule has 0 amide bonds. The zero-order valence-electron chi connectivity index (χ0n) is 13.3. The van der Waals surface area contributed by atoms with E-state index >= 15 is 0 Å². The first kappa shape index (κ1) is 16.5. The van der Waals surface area contributed by atoms with Gasteiger partial charge in [0.05, 0.1) is 11.4 Å². The molecule has 6 nitrogen and oxygen atoms in total. The minimum absolute atomic E-state index is 0.347. The highest BCUT2D eigenvalue weighted by atomic mass is 32.2. The van der Waals surface area contributed by atoms with Crippen LogP contribution in [-0.4, -0.2) is 48.6 Å². The summed E-state index contributed by atoms with van der Waals surface area (Å²) in [5, 5.41) is 10.3. The molecule has 2 N–H and O–H groups in total. The second-order valence-electron chi connectivity index (χ2n) is 5.75. The van der Waals surface area contributed by atoms with E-state index in [0.717, 1.165) is 19.4 Å². The summed E-state index contributed by atoms with van der Waals surface area (Å²) in [5.74, 6) is 0.362. The van der Waals surface area contributed by atoms with Gasteiger partial charge in [0, 0.05) is 19.1 Å². The molecule has 0 aliphatic carbocycles. The highest BCUT2D eigenvalue weighted by Gasteiger charge is 2.36. The molecule has 2 heterocycles. The van der Waals surface area contributed by atoms with Gasteiger partial charge in [-0.15, -0.1) is 0 Å². The Hall–Kier alpha value is -0.920. The molecule has 1 aromatic heterocycles. The minimum atomic E-state index is -3.45. The first-order valence-electron chi connectivity index (χ1n) is 7.66. The van der Waals surface area contributed by atoms with Crippen LogP contribution in [0.25, 0.3) is 0 Å². The Kier molecular flexibility index (Phi) is 5.06. The molecule has 21 heavy (non-hydrogen) atoms. The highest BCUT2D eigenvalue weighted by molar-refractivity contribution is 7.89. The van der Waals surface area contributed by atoms with Crippen molar-refractivity contribution < 1.29 is 8.42 Å². The van der Waals surface area contributed by atoms with E-state index in [9.17, 15) is 8.42 Å². The van der Waals surface area contributed by atoms with Crippen LogP contribution in [0.15, 0.2) is 4.90 Å². The molecule has 1 aliphatic rings.